The third kappa shape index (κ3) is 12.7. The zero-order valence-corrected chi connectivity index (χ0v) is 36.7. The molecular formula is C48H62N6O6. The van der Waals surface area contributed by atoms with Crippen LogP contribution in [0.3, 0.4) is 0 Å². The molecule has 2 heterocycles. The van der Waals surface area contributed by atoms with Crippen molar-refractivity contribution in [3.8, 4) is 17.6 Å². The summed E-state index contributed by atoms with van der Waals surface area (Å²) >= 11 is 0. The molecule has 0 radical (unpaired) electrons. The molecule has 12 nitrogen and oxygen atoms in total. The highest BCUT2D eigenvalue weighted by atomic mass is 16.5. The number of nitrogens with two attached hydrogens (primary N) is 2. The Morgan fingerprint density at radius 2 is 1.73 bits per heavy atom. The van der Waals surface area contributed by atoms with E-state index in [0.717, 1.165) is 51.3 Å². The summed E-state index contributed by atoms with van der Waals surface area (Å²) in [6.07, 6.45) is 6.92. The topological polar surface area (TPSA) is 190 Å². The summed E-state index contributed by atoms with van der Waals surface area (Å²) < 4.78 is 12.0. The number of ketones is 1. The SMILES string of the molecule is C/C=C\C(COc1ccc(C(C)(C)c2cc(C#N)c(OCCCC(=O)CC)c(CC)c2)cc1)=N/C(N)=C(C)C.CN.Cc1ccc2c(c1)CN(C1CCC(=O)NC1=O)C2=O. The second-order valence-electron chi connectivity index (χ2n) is 15.3. The quantitative estimate of drug-likeness (QED) is 0.0791. The highest BCUT2D eigenvalue weighted by Crippen LogP contribution is 2.37. The summed E-state index contributed by atoms with van der Waals surface area (Å²) in [6.45, 7) is 17.1. The molecule has 1 unspecified atom stereocenters. The molecule has 0 aromatic heterocycles. The lowest BCUT2D eigenvalue weighted by molar-refractivity contribution is -0.137. The van der Waals surface area contributed by atoms with Gasteiger partial charge < -0.3 is 25.8 Å². The summed E-state index contributed by atoms with van der Waals surface area (Å²) in [4.78, 5) is 52.9. The molecule has 12 heteroatoms. The van der Waals surface area contributed by atoms with Crippen molar-refractivity contribution in [2.75, 3.05) is 20.3 Å². The Morgan fingerprint density at radius 1 is 1.03 bits per heavy atom. The van der Waals surface area contributed by atoms with E-state index in [0.29, 0.717) is 68.1 Å². The Bertz CT molecular complexity index is 2140. The van der Waals surface area contributed by atoms with E-state index in [2.05, 4.69) is 61.1 Å². The van der Waals surface area contributed by atoms with Gasteiger partial charge in [-0.05, 0) is 112 Å². The number of nitrogens with one attached hydrogen (secondary N) is 1. The highest BCUT2D eigenvalue weighted by molar-refractivity contribution is 6.05. The van der Waals surface area contributed by atoms with Gasteiger partial charge in [0.25, 0.3) is 5.91 Å². The first-order valence-corrected chi connectivity index (χ1v) is 20.5. The average molecular weight is 819 g/mol. The summed E-state index contributed by atoms with van der Waals surface area (Å²) in [5, 5.41) is 12.2. The number of rotatable bonds is 15. The van der Waals surface area contributed by atoms with Crippen LogP contribution in [0.25, 0.3) is 0 Å². The van der Waals surface area contributed by atoms with Gasteiger partial charge in [0, 0.05) is 36.8 Å². The number of aliphatic imine (C=N–C) groups is 1. The van der Waals surface area contributed by atoms with Crippen LogP contribution in [0.15, 0.2) is 83.1 Å². The van der Waals surface area contributed by atoms with Gasteiger partial charge in [0.1, 0.15) is 41.8 Å². The van der Waals surface area contributed by atoms with Crippen LogP contribution < -0.4 is 26.3 Å². The lowest BCUT2D eigenvalue weighted by Crippen LogP contribution is -2.52. The number of allylic oxidation sites excluding steroid dienone is 2. The van der Waals surface area contributed by atoms with Crippen LogP contribution in [0.5, 0.6) is 11.5 Å². The fourth-order valence-electron chi connectivity index (χ4n) is 6.76. The fraction of sp³-hybridized carbons (Fsp3) is 0.417. The average Bonchev–Trinajstić information content (AvgIpc) is 3.56. The standard InChI is InChI=1S/C33H43N3O3.C14H14N2O3.CH5N/c1-8-12-28(36-32(35)23(4)5)22-39-30-16-14-26(15-17-30)33(6,7)27-19-24(9-2)31(25(20-27)21-34)38-18-11-13-29(37)10-3;1-8-2-3-10-9(6-8)7-16(14(10)19)11-4-5-12(17)15-13(11)18;1-2/h8,12,14-17,19-20H,9-11,13,18,22,35H2,1-7H3;2-3,6,11H,4-5,7H2,1H3,(H,15,17,18);2H2,1H3/b12-8-,36-28+;;. The highest BCUT2D eigenvalue weighted by Gasteiger charge is 2.39. The summed E-state index contributed by atoms with van der Waals surface area (Å²) in [6, 6.07) is 19.5. The lowest BCUT2D eigenvalue weighted by Gasteiger charge is -2.29. The molecule has 320 valence electrons. The maximum Gasteiger partial charge on any atom is 0.255 e. The molecule has 5 N–H and O–H groups in total. The Morgan fingerprint density at radius 3 is 2.33 bits per heavy atom. The minimum atomic E-state index is -0.530. The van der Waals surface area contributed by atoms with Gasteiger partial charge in [0.05, 0.1) is 17.9 Å². The molecule has 0 saturated carbocycles. The molecule has 0 aliphatic carbocycles. The number of amides is 3. The molecule has 60 heavy (non-hydrogen) atoms. The van der Waals surface area contributed by atoms with Crippen molar-refractivity contribution in [1.82, 2.24) is 10.2 Å². The van der Waals surface area contributed by atoms with E-state index in [4.69, 9.17) is 15.2 Å². The van der Waals surface area contributed by atoms with Crippen molar-refractivity contribution >= 4 is 29.2 Å². The molecule has 3 aromatic carbocycles. The van der Waals surface area contributed by atoms with Crippen LogP contribution in [0.4, 0.5) is 0 Å². The summed E-state index contributed by atoms with van der Waals surface area (Å²) in [5.41, 5.74) is 18.2. The molecule has 2 aliphatic heterocycles. The van der Waals surface area contributed by atoms with E-state index in [1.54, 1.807) is 11.0 Å². The monoisotopic (exact) mass is 818 g/mol. The zero-order valence-electron chi connectivity index (χ0n) is 36.7. The van der Waals surface area contributed by atoms with Gasteiger partial charge in [0.15, 0.2) is 0 Å². The molecule has 3 aromatic rings. The third-order valence-electron chi connectivity index (χ3n) is 10.4. The summed E-state index contributed by atoms with van der Waals surface area (Å²) in [5.74, 6) is 1.33. The van der Waals surface area contributed by atoms with Crippen LogP contribution in [0, 0.1) is 18.3 Å². The predicted molar refractivity (Wildman–Crippen MR) is 237 cm³/mol. The number of fused-ring (bicyclic) bond motifs is 1. The fourth-order valence-corrected chi connectivity index (χ4v) is 6.76. The number of hydrogen-bond donors (Lipinski definition) is 3. The first-order valence-electron chi connectivity index (χ1n) is 20.5. The van der Waals surface area contributed by atoms with Crippen molar-refractivity contribution in [1.29, 1.82) is 5.26 Å². The Kier molecular flexibility index (Phi) is 18.5. The number of nitrogens with zero attached hydrogens (tertiary/aromatic N) is 3. The molecule has 1 atom stereocenters. The Labute approximate surface area is 355 Å². The van der Waals surface area contributed by atoms with E-state index in [1.807, 2.05) is 77.1 Å². The maximum absolute atomic E-state index is 12.3. The Balaban J connectivity index is 0.000000377. The van der Waals surface area contributed by atoms with Crippen molar-refractivity contribution in [3.63, 3.8) is 0 Å². The van der Waals surface area contributed by atoms with Crippen molar-refractivity contribution < 1.29 is 28.7 Å². The van der Waals surface area contributed by atoms with Gasteiger partial charge in [0.2, 0.25) is 11.8 Å². The van der Waals surface area contributed by atoms with Crippen LogP contribution >= 0.6 is 0 Å². The molecule has 1 saturated heterocycles. The van der Waals surface area contributed by atoms with Gasteiger partial charge in [-0.15, -0.1) is 0 Å². The molecule has 1 fully saturated rings. The van der Waals surface area contributed by atoms with Crippen molar-refractivity contribution in [3.05, 3.63) is 117 Å². The number of carbonyl (C=O) groups is 4. The van der Waals surface area contributed by atoms with E-state index < -0.39 is 6.04 Å². The first-order chi connectivity index (χ1) is 28.6. The second kappa shape index (κ2) is 22.9. The molecule has 0 spiro atoms. The van der Waals surface area contributed by atoms with Crippen LogP contribution in [0.1, 0.15) is 124 Å². The van der Waals surface area contributed by atoms with Gasteiger partial charge >= 0.3 is 0 Å². The number of Topliss-reactive ketones (excluding diaryl/α,β-unsaturated/α-hetero) is 1. The van der Waals surface area contributed by atoms with E-state index in [1.165, 1.54) is 7.05 Å². The molecule has 2 aliphatic rings. The number of carbonyl (C=O) groups excluding carboxylic acids is 4. The number of ether oxygens (including phenoxy) is 2. The maximum atomic E-state index is 12.3. The minimum absolute atomic E-state index is 0.121. The van der Waals surface area contributed by atoms with Crippen LogP contribution in [0.2, 0.25) is 0 Å². The number of aryl methyl sites for hydroxylation is 2. The predicted octanol–water partition coefficient (Wildman–Crippen LogP) is 7.52. The number of imide groups is 1. The minimum Gasteiger partial charge on any atom is -0.492 e. The third-order valence-corrected chi connectivity index (χ3v) is 10.4. The van der Waals surface area contributed by atoms with Gasteiger partial charge in [-0.3, -0.25) is 24.5 Å². The van der Waals surface area contributed by atoms with E-state index in [-0.39, 0.29) is 35.3 Å². The van der Waals surface area contributed by atoms with Crippen LogP contribution in [-0.2, 0) is 32.8 Å². The molecular weight excluding hydrogens is 757 g/mol. The van der Waals surface area contributed by atoms with Crippen molar-refractivity contribution in [2.24, 2.45) is 16.5 Å². The van der Waals surface area contributed by atoms with Gasteiger partial charge in [-0.25, -0.2) is 4.99 Å². The van der Waals surface area contributed by atoms with Crippen molar-refractivity contribution in [2.45, 2.75) is 112 Å². The lowest BCUT2D eigenvalue weighted by atomic mass is 9.77. The van der Waals surface area contributed by atoms with E-state index >= 15 is 0 Å². The molecule has 5 rings (SSSR count). The van der Waals surface area contributed by atoms with Crippen LogP contribution in [-0.4, -0.2) is 60.4 Å². The number of piperidine rings is 1. The zero-order chi connectivity index (χ0) is 44.6. The van der Waals surface area contributed by atoms with Gasteiger partial charge in [-0.1, -0.05) is 69.7 Å². The Hall–Kier alpha value is -6.06. The summed E-state index contributed by atoms with van der Waals surface area (Å²) in [7, 11) is 1.50. The second-order valence-corrected chi connectivity index (χ2v) is 15.3. The normalized spacial score (nSPS) is 14.9. The number of benzene rings is 3. The largest absolute Gasteiger partial charge is 0.492 e. The van der Waals surface area contributed by atoms with E-state index in [9.17, 15) is 24.4 Å². The van der Waals surface area contributed by atoms with Gasteiger partial charge in [-0.2, -0.15) is 5.26 Å². The number of nitriles is 1. The number of hydrogen-bond acceptors (Lipinski definition) is 10. The molecule has 0 bridgehead atoms. The first kappa shape index (κ1) is 48.3. The molecule has 3 amide bonds. The smallest absolute Gasteiger partial charge is 0.255 e.